The van der Waals surface area contributed by atoms with Crippen LogP contribution in [0, 0.1) is 5.92 Å². The van der Waals surface area contributed by atoms with E-state index >= 15 is 0 Å². The van der Waals surface area contributed by atoms with Gasteiger partial charge in [0, 0.05) is 19.3 Å². The molecular weight excluding hydrogens is 414 g/mol. The molecule has 0 spiro atoms. The van der Waals surface area contributed by atoms with E-state index in [9.17, 15) is 14.4 Å². The number of hydrogen-bond donors (Lipinski definition) is 2. The quantitative estimate of drug-likeness (QED) is 0.580. The largest absolute Gasteiger partial charge is 0.383 e. The maximum Gasteiger partial charge on any atom is 0.330 e. The predicted molar refractivity (Wildman–Crippen MR) is 118 cm³/mol. The minimum absolute atomic E-state index is 0.00206. The molecule has 0 aromatic carbocycles. The van der Waals surface area contributed by atoms with Crippen molar-refractivity contribution in [3.63, 3.8) is 0 Å². The molecule has 158 valence electrons. The van der Waals surface area contributed by atoms with Crippen molar-refractivity contribution >= 4 is 40.8 Å². The van der Waals surface area contributed by atoms with Gasteiger partial charge in [-0.1, -0.05) is 50.6 Å². The fourth-order valence-corrected chi connectivity index (χ4v) is 3.79. The molecule has 8 nitrogen and oxygen atoms in total. The lowest BCUT2D eigenvalue weighted by molar-refractivity contribution is -0.116. The summed E-state index contributed by atoms with van der Waals surface area (Å²) in [6.07, 6.45) is 3.10. The summed E-state index contributed by atoms with van der Waals surface area (Å²) in [7, 11) is 0. The molecule has 1 amide bonds. The third-order valence-corrected chi connectivity index (χ3v) is 5.53. The number of thioether (sulfide) groups is 1. The first-order valence-electron chi connectivity index (χ1n) is 9.42. The number of rotatable bonds is 9. The lowest BCUT2D eigenvalue weighted by atomic mass is 10.2. The molecule has 0 radical (unpaired) electrons. The predicted octanol–water partition coefficient (Wildman–Crippen LogP) is 2.75. The van der Waals surface area contributed by atoms with Crippen LogP contribution in [0.4, 0.5) is 11.5 Å². The molecule has 0 aliphatic rings. The third-order valence-electron chi connectivity index (χ3n) is 4.13. The number of nitrogens with two attached hydrogens (primary N) is 1. The first-order valence-corrected chi connectivity index (χ1v) is 10.8. The van der Waals surface area contributed by atoms with Gasteiger partial charge >= 0.3 is 5.69 Å². The summed E-state index contributed by atoms with van der Waals surface area (Å²) >= 11 is 7.29. The Kier molecular flexibility index (Phi) is 8.33. The van der Waals surface area contributed by atoms with Gasteiger partial charge in [-0.05, 0) is 24.5 Å². The van der Waals surface area contributed by atoms with Gasteiger partial charge in [0.15, 0.2) is 5.69 Å². The number of carbonyl (C=O) groups is 1. The van der Waals surface area contributed by atoms with Crippen LogP contribution in [0.1, 0.15) is 33.6 Å². The molecule has 2 rings (SSSR count). The number of nitrogens with one attached hydrogen (secondary N) is 1. The molecule has 29 heavy (non-hydrogen) atoms. The Bertz CT molecular complexity index is 973. The second-order valence-electron chi connectivity index (χ2n) is 6.98. The van der Waals surface area contributed by atoms with Crippen LogP contribution < -0.4 is 21.9 Å². The van der Waals surface area contributed by atoms with Crippen molar-refractivity contribution in [1.29, 1.82) is 0 Å². The minimum atomic E-state index is -0.669. The summed E-state index contributed by atoms with van der Waals surface area (Å²) in [6.45, 7) is 6.51. The molecule has 0 unspecified atom stereocenters. The Labute approximate surface area is 178 Å². The number of H-pyrrole nitrogens is 1. The van der Waals surface area contributed by atoms with Crippen molar-refractivity contribution in [2.75, 3.05) is 22.9 Å². The zero-order valence-corrected chi connectivity index (χ0v) is 18.3. The van der Waals surface area contributed by atoms with Crippen LogP contribution in [-0.2, 0) is 11.3 Å². The molecule has 2 aromatic rings. The Morgan fingerprint density at radius 2 is 2.14 bits per heavy atom. The molecule has 0 atom stereocenters. The van der Waals surface area contributed by atoms with Crippen molar-refractivity contribution in [3.8, 4) is 0 Å². The maximum atomic E-state index is 13.0. The number of pyridine rings is 1. The van der Waals surface area contributed by atoms with Crippen LogP contribution in [0.2, 0.25) is 5.02 Å². The summed E-state index contributed by atoms with van der Waals surface area (Å²) in [5, 5.41) is 0.984. The lowest BCUT2D eigenvalue weighted by Gasteiger charge is -2.24. The number of nitrogens with zero attached hydrogens (tertiary/aromatic N) is 3. The van der Waals surface area contributed by atoms with Crippen LogP contribution in [0.15, 0.2) is 32.9 Å². The van der Waals surface area contributed by atoms with Crippen molar-refractivity contribution < 1.29 is 4.79 Å². The standard InChI is InChI=1S/C19H26ClN5O3S/c1-4-5-9-24(14(26)11-29-18-13(20)7-6-8-22-18)15-16(21)25(10-12(2)3)19(28)23-17(15)27/h6-8,12H,4-5,9-11,21H2,1-3H3,(H,23,27,28). The smallest absolute Gasteiger partial charge is 0.330 e. The molecule has 0 aliphatic heterocycles. The number of aromatic nitrogens is 3. The van der Waals surface area contributed by atoms with Crippen molar-refractivity contribution in [3.05, 3.63) is 44.2 Å². The fourth-order valence-electron chi connectivity index (χ4n) is 2.75. The number of halogens is 1. The van der Waals surface area contributed by atoms with Gasteiger partial charge in [0.2, 0.25) is 5.91 Å². The van der Waals surface area contributed by atoms with Gasteiger partial charge in [-0.15, -0.1) is 0 Å². The van der Waals surface area contributed by atoms with Crippen LogP contribution in [0.25, 0.3) is 0 Å². The van der Waals surface area contributed by atoms with Crippen molar-refractivity contribution in [2.45, 2.75) is 45.2 Å². The molecule has 10 heteroatoms. The Morgan fingerprint density at radius 1 is 1.41 bits per heavy atom. The number of amides is 1. The van der Waals surface area contributed by atoms with Crippen molar-refractivity contribution in [2.24, 2.45) is 5.92 Å². The summed E-state index contributed by atoms with van der Waals surface area (Å²) in [5.41, 5.74) is 4.94. The van der Waals surface area contributed by atoms with Crippen LogP contribution in [-0.4, -0.2) is 32.7 Å². The molecular formula is C19H26ClN5O3S. The first-order chi connectivity index (χ1) is 13.8. The lowest BCUT2D eigenvalue weighted by Crippen LogP contribution is -2.42. The number of hydrogen-bond acceptors (Lipinski definition) is 6. The van der Waals surface area contributed by atoms with E-state index in [1.165, 1.54) is 21.2 Å². The van der Waals surface area contributed by atoms with Crippen LogP contribution in [0.5, 0.6) is 0 Å². The summed E-state index contributed by atoms with van der Waals surface area (Å²) < 4.78 is 1.30. The topological polar surface area (TPSA) is 114 Å². The van der Waals surface area contributed by atoms with Gasteiger partial charge in [-0.25, -0.2) is 9.78 Å². The van der Waals surface area contributed by atoms with E-state index in [2.05, 4.69) is 9.97 Å². The van der Waals surface area contributed by atoms with E-state index in [4.69, 9.17) is 17.3 Å². The van der Waals surface area contributed by atoms with E-state index in [1.54, 1.807) is 18.3 Å². The SMILES string of the molecule is CCCCN(C(=O)CSc1ncccc1Cl)c1c(N)n(CC(C)C)c(=O)[nH]c1=O. The van der Waals surface area contributed by atoms with Crippen molar-refractivity contribution in [1.82, 2.24) is 14.5 Å². The molecule has 3 N–H and O–H groups in total. The van der Waals surface area contributed by atoms with E-state index < -0.39 is 11.2 Å². The Hall–Kier alpha value is -2.26. The average Bonchev–Trinajstić information content (AvgIpc) is 2.66. The second kappa shape index (κ2) is 10.5. The average molecular weight is 440 g/mol. The summed E-state index contributed by atoms with van der Waals surface area (Å²) in [4.78, 5) is 45.6. The Morgan fingerprint density at radius 3 is 2.76 bits per heavy atom. The van der Waals surface area contributed by atoms with Gasteiger partial charge in [-0.3, -0.25) is 19.1 Å². The molecule has 0 fully saturated rings. The highest BCUT2D eigenvalue weighted by atomic mass is 35.5. The minimum Gasteiger partial charge on any atom is -0.383 e. The monoisotopic (exact) mass is 439 g/mol. The number of aromatic amines is 1. The number of anilines is 2. The van der Waals surface area contributed by atoms with Gasteiger partial charge < -0.3 is 10.6 Å². The molecule has 2 heterocycles. The number of nitrogen functional groups attached to an aromatic ring is 1. The molecule has 0 aliphatic carbocycles. The second-order valence-corrected chi connectivity index (χ2v) is 8.35. The van der Waals surface area contributed by atoms with E-state index in [0.29, 0.717) is 29.6 Å². The van der Waals surface area contributed by atoms with Gasteiger partial charge in [-0.2, -0.15) is 0 Å². The highest BCUT2D eigenvalue weighted by Crippen LogP contribution is 2.26. The zero-order valence-electron chi connectivity index (χ0n) is 16.8. The van der Waals surface area contributed by atoms with E-state index in [1.807, 2.05) is 20.8 Å². The van der Waals surface area contributed by atoms with E-state index in [-0.39, 0.29) is 29.1 Å². The fraction of sp³-hybridized carbons (Fsp3) is 0.474. The van der Waals surface area contributed by atoms with E-state index in [0.717, 1.165) is 6.42 Å². The molecule has 0 saturated heterocycles. The molecule has 0 bridgehead atoms. The normalized spacial score (nSPS) is 11.1. The number of carbonyl (C=O) groups excluding carboxylic acids is 1. The molecule has 0 saturated carbocycles. The first kappa shape index (κ1) is 23.0. The Balaban J connectivity index is 2.38. The maximum absolute atomic E-state index is 13.0. The highest BCUT2D eigenvalue weighted by molar-refractivity contribution is 8.00. The summed E-state index contributed by atoms with van der Waals surface area (Å²) in [6, 6.07) is 3.40. The zero-order chi connectivity index (χ0) is 21.6. The third kappa shape index (κ3) is 5.86. The van der Waals surface area contributed by atoms with Crippen LogP contribution >= 0.6 is 23.4 Å². The molecule has 2 aromatic heterocycles. The van der Waals surface area contributed by atoms with Gasteiger partial charge in [0.05, 0.1) is 10.8 Å². The van der Waals surface area contributed by atoms with Gasteiger partial charge in [0.25, 0.3) is 5.56 Å². The van der Waals surface area contributed by atoms with Gasteiger partial charge in [0.1, 0.15) is 10.8 Å². The van der Waals surface area contributed by atoms with Crippen LogP contribution in [0.3, 0.4) is 0 Å². The number of unbranched alkanes of at least 4 members (excludes halogenated alkanes) is 1. The highest BCUT2D eigenvalue weighted by Gasteiger charge is 2.24. The summed E-state index contributed by atoms with van der Waals surface area (Å²) in [5.74, 6) is -0.145.